The second-order valence-corrected chi connectivity index (χ2v) is 6.59. The van der Waals surface area contributed by atoms with Gasteiger partial charge in [-0.25, -0.2) is 4.98 Å². The SMILES string of the molecule is COc1ccc(C(=O)N2CCO[C@H](c3cc(C)nc4ncnn34)C2)cc1C. The number of amides is 1. The lowest BCUT2D eigenvalue weighted by atomic mass is 10.1. The van der Waals surface area contributed by atoms with E-state index in [1.807, 2.05) is 36.9 Å². The minimum Gasteiger partial charge on any atom is -0.496 e. The number of aryl methyl sites for hydroxylation is 2. The minimum absolute atomic E-state index is 0.0188. The van der Waals surface area contributed by atoms with Crippen LogP contribution in [0.2, 0.25) is 0 Å². The summed E-state index contributed by atoms with van der Waals surface area (Å²) >= 11 is 0. The highest BCUT2D eigenvalue weighted by molar-refractivity contribution is 5.94. The Balaban J connectivity index is 1.60. The maximum absolute atomic E-state index is 13.0. The molecule has 0 saturated carbocycles. The first-order valence-corrected chi connectivity index (χ1v) is 8.79. The molecule has 3 aromatic rings. The smallest absolute Gasteiger partial charge is 0.254 e. The van der Waals surface area contributed by atoms with Gasteiger partial charge in [0.25, 0.3) is 11.7 Å². The van der Waals surface area contributed by atoms with Gasteiger partial charge in [-0.1, -0.05) is 0 Å². The van der Waals surface area contributed by atoms with Gasteiger partial charge >= 0.3 is 0 Å². The van der Waals surface area contributed by atoms with Crippen LogP contribution in [0.1, 0.15) is 33.4 Å². The van der Waals surface area contributed by atoms with Crippen molar-refractivity contribution in [3.63, 3.8) is 0 Å². The van der Waals surface area contributed by atoms with Crippen LogP contribution in [0.15, 0.2) is 30.6 Å². The zero-order valence-electron chi connectivity index (χ0n) is 15.5. The summed E-state index contributed by atoms with van der Waals surface area (Å²) in [5, 5.41) is 4.24. The number of rotatable bonds is 3. The van der Waals surface area contributed by atoms with E-state index < -0.39 is 0 Å². The maximum atomic E-state index is 13.0. The first-order chi connectivity index (χ1) is 13.1. The van der Waals surface area contributed by atoms with Gasteiger partial charge in [0.05, 0.1) is 26.0 Å². The largest absolute Gasteiger partial charge is 0.496 e. The third-order valence-corrected chi connectivity index (χ3v) is 4.73. The highest BCUT2D eigenvalue weighted by Crippen LogP contribution is 2.25. The van der Waals surface area contributed by atoms with Crippen molar-refractivity contribution in [1.82, 2.24) is 24.5 Å². The van der Waals surface area contributed by atoms with Gasteiger partial charge < -0.3 is 14.4 Å². The number of benzene rings is 1. The quantitative estimate of drug-likeness (QED) is 0.704. The first-order valence-electron chi connectivity index (χ1n) is 8.79. The molecule has 0 N–H and O–H groups in total. The predicted octanol–water partition coefficient (Wildman–Crippen LogP) is 1.96. The van der Waals surface area contributed by atoms with E-state index in [2.05, 4.69) is 15.1 Å². The molecule has 1 fully saturated rings. The van der Waals surface area contributed by atoms with Crippen molar-refractivity contribution in [3.8, 4) is 5.75 Å². The molecular weight excluding hydrogens is 346 g/mol. The third kappa shape index (κ3) is 3.23. The number of methoxy groups -OCH3 is 1. The predicted molar refractivity (Wildman–Crippen MR) is 97.8 cm³/mol. The van der Waals surface area contributed by atoms with E-state index in [-0.39, 0.29) is 12.0 Å². The molecule has 0 radical (unpaired) electrons. The average molecular weight is 367 g/mol. The number of hydrogen-bond donors (Lipinski definition) is 0. The molecule has 0 bridgehead atoms. The van der Waals surface area contributed by atoms with Gasteiger partial charge in [0, 0.05) is 17.8 Å². The Morgan fingerprint density at radius 3 is 2.93 bits per heavy atom. The first kappa shape index (κ1) is 17.4. The van der Waals surface area contributed by atoms with Crippen molar-refractivity contribution >= 4 is 11.7 Å². The molecule has 0 spiro atoms. The molecule has 0 aliphatic carbocycles. The molecule has 1 saturated heterocycles. The van der Waals surface area contributed by atoms with Crippen molar-refractivity contribution in [2.75, 3.05) is 26.8 Å². The molecule has 1 aromatic carbocycles. The second-order valence-electron chi connectivity index (χ2n) is 6.59. The summed E-state index contributed by atoms with van der Waals surface area (Å²) in [6.07, 6.45) is 1.19. The molecule has 3 heterocycles. The van der Waals surface area contributed by atoms with Crippen molar-refractivity contribution in [3.05, 3.63) is 53.1 Å². The Morgan fingerprint density at radius 2 is 2.15 bits per heavy atom. The highest BCUT2D eigenvalue weighted by atomic mass is 16.5. The van der Waals surface area contributed by atoms with Crippen molar-refractivity contribution < 1.29 is 14.3 Å². The topological polar surface area (TPSA) is 81.8 Å². The van der Waals surface area contributed by atoms with Crippen LogP contribution < -0.4 is 4.74 Å². The fraction of sp³-hybridized carbons (Fsp3) is 0.368. The molecule has 1 amide bonds. The van der Waals surface area contributed by atoms with Crippen molar-refractivity contribution in [1.29, 1.82) is 0 Å². The number of nitrogens with zero attached hydrogens (tertiary/aromatic N) is 5. The summed E-state index contributed by atoms with van der Waals surface area (Å²) < 4.78 is 12.9. The van der Waals surface area contributed by atoms with Gasteiger partial charge in [0.2, 0.25) is 0 Å². The van der Waals surface area contributed by atoms with Gasteiger partial charge in [0.1, 0.15) is 18.2 Å². The van der Waals surface area contributed by atoms with Crippen molar-refractivity contribution in [2.24, 2.45) is 0 Å². The lowest BCUT2D eigenvalue weighted by Crippen LogP contribution is -2.42. The Bertz CT molecular complexity index is 1000. The minimum atomic E-state index is -0.284. The number of carbonyl (C=O) groups is 1. The Hall–Kier alpha value is -3.00. The molecule has 2 aromatic heterocycles. The van der Waals surface area contributed by atoms with Crippen LogP contribution >= 0.6 is 0 Å². The van der Waals surface area contributed by atoms with E-state index >= 15 is 0 Å². The van der Waals surface area contributed by atoms with Gasteiger partial charge in [-0.15, -0.1) is 0 Å². The lowest BCUT2D eigenvalue weighted by Gasteiger charge is -2.33. The van der Waals surface area contributed by atoms with Crippen LogP contribution in [0.5, 0.6) is 5.75 Å². The molecule has 8 nitrogen and oxygen atoms in total. The molecule has 1 aliphatic rings. The van der Waals surface area contributed by atoms with E-state index in [0.717, 1.165) is 22.7 Å². The summed E-state index contributed by atoms with van der Waals surface area (Å²) in [7, 11) is 1.62. The molecule has 27 heavy (non-hydrogen) atoms. The number of fused-ring (bicyclic) bond motifs is 1. The van der Waals surface area contributed by atoms with E-state index in [0.29, 0.717) is 31.0 Å². The van der Waals surface area contributed by atoms with Gasteiger partial charge in [-0.05, 0) is 43.7 Å². The number of hydrogen-bond acceptors (Lipinski definition) is 6. The number of carbonyl (C=O) groups excluding carboxylic acids is 1. The monoisotopic (exact) mass is 367 g/mol. The van der Waals surface area contributed by atoms with Crippen LogP contribution in [0.25, 0.3) is 5.78 Å². The third-order valence-electron chi connectivity index (χ3n) is 4.73. The van der Waals surface area contributed by atoms with Gasteiger partial charge in [-0.3, -0.25) is 4.79 Å². The number of morpholine rings is 1. The van der Waals surface area contributed by atoms with Gasteiger partial charge in [0.15, 0.2) is 0 Å². The lowest BCUT2D eigenvalue weighted by molar-refractivity contribution is -0.0257. The van der Waals surface area contributed by atoms with Crippen LogP contribution in [-0.2, 0) is 4.74 Å². The molecule has 4 rings (SSSR count). The Morgan fingerprint density at radius 1 is 1.30 bits per heavy atom. The molecule has 1 aliphatic heterocycles. The van der Waals surface area contributed by atoms with Crippen LogP contribution in [0.3, 0.4) is 0 Å². The normalized spacial score (nSPS) is 17.3. The fourth-order valence-corrected chi connectivity index (χ4v) is 3.40. The average Bonchev–Trinajstić information content (AvgIpc) is 3.15. The molecule has 140 valence electrons. The molecule has 1 atom stereocenters. The number of aromatic nitrogens is 4. The molecule has 0 unspecified atom stereocenters. The summed E-state index contributed by atoms with van der Waals surface area (Å²) in [4.78, 5) is 23.3. The zero-order valence-corrected chi connectivity index (χ0v) is 15.5. The zero-order chi connectivity index (χ0) is 19.0. The summed E-state index contributed by atoms with van der Waals surface area (Å²) in [5.41, 5.74) is 3.26. The summed E-state index contributed by atoms with van der Waals surface area (Å²) in [5.74, 6) is 1.28. The van der Waals surface area contributed by atoms with Crippen LogP contribution in [0, 0.1) is 13.8 Å². The Kier molecular flexibility index (Phi) is 4.49. The highest BCUT2D eigenvalue weighted by Gasteiger charge is 2.28. The van der Waals surface area contributed by atoms with E-state index in [1.165, 1.54) is 6.33 Å². The van der Waals surface area contributed by atoms with Crippen LogP contribution in [0.4, 0.5) is 0 Å². The van der Waals surface area contributed by atoms with Gasteiger partial charge in [-0.2, -0.15) is 14.6 Å². The standard InChI is InChI=1S/C19H21N5O3/c1-12-8-14(4-5-16(12)26-3)18(25)23-6-7-27-17(10-23)15-9-13(2)22-19-20-11-21-24(15)19/h4-5,8-9,11,17H,6-7,10H2,1-3H3/t17-/m0/s1. The fourth-order valence-electron chi connectivity index (χ4n) is 3.40. The van der Waals surface area contributed by atoms with Crippen LogP contribution in [-0.4, -0.2) is 57.2 Å². The van der Waals surface area contributed by atoms with E-state index in [4.69, 9.17) is 9.47 Å². The summed E-state index contributed by atoms with van der Waals surface area (Å²) in [6.45, 7) is 5.29. The van der Waals surface area contributed by atoms with E-state index in [9.17, 15) is 4.79 Å². The second kappa shape index (κ2) is 6.96. The molecule has 8 heteroatoms. The molecular formula is C19H21N5O3. The van der Waals surface area contributed by atoms with E-state index in [1.54, 1.807) is 17.7 Å². The Labute approximate surface area is 156 Å². The number of ether oxygens (including phenoxy) is 2. The maximum Gasteiger partial charge on any atom is 0.254 e. The summed E-state index contributed by atoms with van der Waals surface area (Å²) in [6, 6.07) is 7.41. The van der Waals surface area contributed by atoms with Crippen molar-refractivity contribution in [2.45, 2.75) is 20.0 Å².